The largest absolute Gasteiger partial charge is 0.388 e. The summed E-state index contributed by atoms with van der Waals surface area (Å²) in [6.45, 7) is 0.233. The van der Waals surface area contributed by atoms with Gasteiger partial charge in [0.25, 0.3) is 17.7 Å². The molecule has 0 fully saturated rings. The minimum atomic E-state index is -0.432. The first-order valence-electron chi connectivity index (χ1n) is 10.5. The van der Waals surface area contributed by atoms with E-state index >= 15 is 0 Å². The molecule has 0 aromatic carbocycles. The normalized spacial score (nSPS) is 10.5. The lowest BCUT2D eigenvalue weighted by Gasteiger charge is -2.06. The molecule has 184 valence electrons. The van der Waals surface area contributed by atoms with Gasteiger partial charge in [-0.1, -0.05) is 0 Å². The maximum absolute atomic E-state index is 12.8. The molecular formula is C22H27N9O4. The van der Waals surface area contributed by atoms with Gasteiger partial charge in [-0.3, -0.25) is 24.6 Å². The highest BCUT2D eigenvalue weighted by atomic mass is 16.2. The summed E-state index contributed by atoms with van der Waals surface area (Å²) in [5.41, 5.74) is 7.05. The maximum atomic E-state index is 12.8. The van der Waals surface area contributed by atoms with E-state index in [1.807, 2.05) is 0 Å². The molecule has 0 unspecified atom stereocenters. The number of anilines is 3. The van der Waals surface area contributed by atoms with Gasteiger partial charge in [0, 0.05) is 46.5 Å². The van der Waals surface area contributed by atoms with Crippen LogP contribution in [0.4, 0.5) is 17.2 Å². The molecule has 3 heterocycles. The van der Waals surface area contributed by atoms with Crippen LogP contribution >= 0.6 is 0 Å². The van der Waals surface area contributed by atoms with E-state index in [1.165, 1.54) is 16.7 Å². The lowest BCUT2D eigenvalue weighted by atomic mass is 10.3. The summed E-state index contributed by atoms with van der Waals surface area (Å²) in [5, 5.41) is 17.8. The molecule has 0 saturated carbocycles. The van der Waals surface area contributed by atoms with Crippen molar-refractivity contribution in [3.8, 4) is 0 Å². The molecule has 0 aliphatic heterocycles. The van der Waals surface area contributed by atoms with Crippen molar-refractivity contribution in [1.82, 2.24) is 19.0 Å². The van der Waals surface area contributed by atoms with Crippen LogP contribution in [0.25, 0.3) is 0 Å². The Hall–Kier alpha value is -4.81. The van der Waals surface area contributed by atoms with Crippen LogP contribution in [0.5, 0.6) is 0 Å². The fraction of sp³-hybridized carbons (Fsp3) is 0.227. The molecule has 3 aromatic heterocycles. The Balaban J connectivity index is 1.67. The Kier molecular flexibility index (Phi) is 7.39. The summed E-state index contributed by atoms with van der Waals surface area (Å²) >= 11 is 0. The van der Waals surface area contributed by atoms with Gasteiger partial charge in [0.05, 0.1) is 17.2 Å². The highest BCUT2D eigenvalue weighted by Crippen LogP contribution is 2.19. The van der Waals surface area contributed by atoms with E-state index in [0.717, 1.165) is 0 Å². The molecule has 0 spiro atoms. The molecule has 35 heavy (non-hydrogen) atoms. The van der Waals surface area contributed by atoms with Gasteiger partial charge in [-0.2, -0.15) is 0 Å². The number of amides is 4. The van der Waals surface area contributed by atoms with Crippen molar-refractivity contribution in [1.29, 1.82) is 5.41 Å². The lowest BCUT2D eigenvalue weighted by Crippen LogP contribution is -2.28. The predicted molar refractivity (Wildman–Crippen MR) is 131 cm³/mol. The zero-order valence-corrected chi connectivity index (χ0v) is 19.5. The fourth-order valence-electron chi connectivity index (χ4n) is 3.45. The summed E-state index contributed by atoms with van der Waals surface area (Å²) in [6.07, 6.45) is 3.96. The smallest absolute Gasteiger partial charge is 0.272 e. The van der Waals surface area contributed by atoms with Crippen molar-refractivity contribution in [3.63, 3.8) is 0 Å². The number of nitrogens with one attached hydrogen (secondary N) is 5. The van der Waals surface area contributed by atoms with Crippen LogP contribution in [0.1, 0.15) is 37.9 Å². The molecule has 13 nitrogen and oxygen atoms in total. The number of aromatic nitrogens is 3. The van der Waals surface area contributed by atoms with E-state index in [9.17, 15) is 19.2 Å². The van der Waals surface area contributed by atoms with Crippen molar-refractivity contribution in [3.05, 3.63) is 53.7 Å². The van der Waals surface area contributed by atoms with Crippen molar-refractivity contribution in [2.75, 3.05) is 22.5 Å². The van der Waals surface area contributed by atoms with Crippen LogP contribution in [0.3, 0.4) is 0 Å². The van der Waals surface area contributed by atoms with Crippen molar-refractivity contribution >= 4 is 47.2 Å². The molecule has 0 atom stereocenters. The standard InChI is InChI=1S/C22H27N9O4/c1-29-10-13(8-16(29)20(33)25-7-6-18(23)24)28-22(35)17-9-14(11-30(17)2)27-21(34)15-4-5-19(26-12-32)31(15)3/h4-5,8-12H,6-7H2,1-3H3,(H3,23,24)(H,25,33)(H,26,32)(H,27,34)(H,28,35). The van der Waals surface area contributed by atoms with E-state index in [-0.39, 0.29) is 30.4 Å². The minimum Gasteiger partial charge on any atom is -0.388 e. The molecule has 13 heteroatoms. The topological polar surface area (TPSA) is 181 Å². The fourth-order valence-corrected chi connectivity index (χ4v) is 3.45. The van der Waals surface area contributed by atoms with Gasteiger partial charge >= 0.3 is 0 Å². The van der Waals surface area contributed by atoms with Gasteiger partial charge in [0.15, 0.2) is 0 Å². The summed E-state index contributed by atoms with van der Waals surface area (Å²) in [7, 11) is 4.98. The van der Waals surface area contributed by atoms with E-state index in [4.69, 9.17) is 11.1 Å². The van der Waals surface area contributed by atoms with E-state index in [1.54, 1.807) is 54.8 Å². The average molecular weight is 482 g/mol. The van der Waals surface area contributed by atoms with Crippen LogP contribution in [0.2, 0.25) is 0 Å². The number of carbonyl (C=O) groups is 4. The van der Waals surface area contributed by atoms with Crippen LogP contribution in [0.15, 0.2) is 36.7 Å². The lowest BCUT2D eigenvalue weighted by molar-refractivity contribution is -0.105. The maximum Gasteiger partial charge on any atom is 0.272 e. The molecule has 0 aliphatic rings. The highest BCUT2D eigenvalue weighted by molar-refractivity contribution is 6.07. The molecule has 4 amide bonds. The van der Waals surface area contributed by atoms with E-state index in [2.05, 4.69) is 21.3 Å². The molecule has 0 saturated heterocycles. The number of hydrogen-bond acceptors (Lipinski definition) is 5. The number of carbonyl (C=O) groups excluding carboxylic acids is 4. The van der Waals surface area contributed by atoms with Gasteiger partial charge in [0.1, 0.15) is 22.9 Å². The average Bonchev–Trinajstić information content (AvgIpc) is 3.45. The third-order valence-corrected chi connectivity index (χ3v) is 5.23. The first-order chi connectivity index (χ1) is 16.6. The number of rotatable bonds is 10. The van der Waals surface area contributed by atoms with Gasteiger partial charge < -0.3 is 40.7 Å². The second-order valence-electron chi connectivity index (χ2n) is 7.81. The SMILES string of the molecule is Cn1cc(NC(=O)c2cc(NC(=O)c3ccc(NC=O)n3C)cn2C)cc1C(=O)NCCC(=N)N. The predicted octanol–water partition coefficient (Wildman–Crippen LogP) is 0.831. The number of hydrogen-bond donors (Lipinski definition) is 6. The molecule has 3 aromatic rings. The summed E-state index contributed by atoms with van der Waals surface area (Å²) < 4.78 is 4.67. The van der Waals surface area contributed by atoms with Gasteiger partial charge in [-0.05, 0) is 24.3 Å². The Morgan fingerprint density at radius 3 is 2.00 bits per heavy atom. The van der Waals surface area contributed by atoms with Crippen LogP contribution in [0, 0.1) is 5.41 Å². The summed E-state index contributed by atoms with van der Waals surface area (Å²) in [4.78, 5) is 48.4. The number of amidine groups is 1. The first-order valence-corrected chi connectivity index (χ1v) is 10.5. The van der Waals surface area contributed by atoms with Crippen LogP contribution < -0.4 is 27.0 Å². The van der Waals surface area contributed by atoms with Crippen molar-refractivity contribution < 1.29 is 19.2 Å². The Morgan fingerprint density at radius 1 is 0.914 bits per heavy atom. The molecule has 0 radical (unpaired) electrons. The van der Waals surface area contributed by atoms with Crippen molar-refractivity contribution in [2.24, 2.45) is 26.9 Å². The first kappa shape index (κ1) is 24.8. The molecule has 3 rings (SSSR count). The Morgan fingerprint density at radius 2 is 1.46 bits per heavy atom. The second kappa shape index (κ2) is 10.4. The number of nitrogens with zero attached hydrogens (tertiary/aromatic N) is 3. The van der Waals surface area contributed by atoms with Crippen molar-refractivity contribution in [2.45, 2.75) is 6.42 Å². The van der Waals surface area contributed by atoms with Gasteiger partial charge in [-0.15, -0.1) is 0 Å². The minimum absolute atomic E-state index is 0.0217. The highest BCUT2D eigenvalue weighted by Gasteiger charge is 2.18. The summed E-state index contributed by atoms with van der Waals surface area (Å²) in [5.74, 6) is -0.754. The second-order valence-corrected chi connectivity index (χ2v) is 7.81. The monoisotopic (exact) mass is 481 g/mol. The zero-order valence-electron chi connectivity index (χ0n) is 19.5. The molecule has 0 bridgehead atoms. The Labute approximate surface area is 200 Å². The number of aryl methyl sites for hydroxylation is 2. The Bertz CT molecular complexity index is 1300. The third kappa shape index (κ3) is 5.76. The van der Waals surface area contributed by atoms with E-state index < -0.39 is 11.8 Å². The van der Waals surface area contributed by atoms with Crippen LogP contribution in [-0.2, 0) is 25.9 Å². The molecular weight excluding hydrogens is 454 g/mol. The zero-order chi connectivity index (χ0) is 25.7. The molecule has 7 N–H and O–H groups in total. The number of nitrogens with two attached hydrogens (primary N) is 1. The van der Waals surface area contributed by atoms with Crippen LogP contribution in [-0.4, -0.2) is 50.2 Å². The van der Waals surface area contributed by atoms with E-state index in [0.29, 0.717) is 35.0 Å². The molecule has 0 aliphatic carbocycles. The summed E-state index contributed by atoms with van der Waals surface area (Å²) in [6, 6.07) is 6.23. The quantitative estimate of drug-likeness (QED) is 0.142. The van der Waals surface area contributed by atoms with Gasteiger partial charge in [-0.25, -0.2) is 0 Å². The third-order valence-electron chi connectivity index (χ3n) is 5.23. The van der Waals surface area contributed by atoms with Gasteiger partial charge in [0.2, 0.25) is 6.41 Å².